The molecule has 0 bridgehead atoms. The van der Waals surface area contributed by atoms with Gasteiger partial charge in [0, 0.05) is 29.2 Å². The number of carbonyl (C=O) groups is 1. The minimum atomic E-state index is -0.633. The fourth-order valence-corrected chi connectivity index (χ4v) is 2.39. The maximum absolute atomic E-state index is 12.1. The lowest BCUT2D eigenvalue weighted by molar-refractivity contribution is -0.154. The van der Waals surface area contributed by atoms with Crippen LogP contribution in [0.2, 0.25) is 0 Å². The Bertz CT molecular complexity index is 782. The van der Waals surface area contributed by atoms with Gasteiger partial charge in [-0.25, -0.2) is 4.79 Å². The molecule has 0 saturated heterocycles. The number of rotatable bonds is 7. The lowest BCUT2D eigenvalue weighted by atomic mass is 10.1. The number of esters is 1. The first kappa shape index (κ1) is 34.1. The van der Waals surface area contributed by atoms with Crippen molar-refractivity contribution in [3.05, 3.63) is 59.3 Å². The lowest BCUT2D eigenvalue weighted by Crippen LogP contribution is -2.34. The average molecular weight is 448 g/mol. The van der Waals surface area contributed by atoms with Crippen LogP contribution in [0, 0.1) is 12.8 Å². The number of aryl methyl sites for hydroxylation is 1. The third-order valence-electron chi connectivity index (χ3n) is 4.03. The van der Waals surface area contributed by atoms with Crippen molar-refractivity contribution in [3.8, 4) is 0 Å². The summed E-state index contributed by atoms with van der Waals surface area (Å²) >= 11 is 0. The Balaban J connectivity index is -0.000000711. The molecular formula is C28H49NO3. The third kappa shape index (κ3) is 13.7. The molecule has 32 heavy (non-hydrogen) atoms. The van der Waals surface area contributed by atoms with Gasteiger partial charge in [0.2, 0.25) is 0 Å². The summed E-state index contributed by atoms with van der Waals surface area (Å²) in [5.41, 5.74) is 1.09. The van der Waals surface area contributed by atoms with Gasteiger partial charge in [0.1, 0.15) is 5.76 Å². The second kappa shape index (κ2) is 21.7. The Morgan fingerprint density at radius 2 is 1.69 bits per heavy atom. The summed E-state index contributed by atoms with van der Waals surface area (Å²) in [6, 6.07) is 2.01. The first-order valence-electron chi connectivity index (χ1n) is 11.7. The number of ether oxygens (including phenoxy) is 2. The van der Waals surface area contributed by atoms with Crippen molar-refractivity contribution in [2.75, 3.05) is 6.61 Å². The van der Waals surface area contributed by atoms with Crippen LogP contribution >= 0.6 is 0 Å². The van der Waals surface area contributed by atoms with Crippen molar-refractivity contribution in [2.45, 2.75) is 81.8 Å². The molecule has 0 radical (unpaired) electrons. The van der Waals surface area contributed by atoms with Crippen molar-refractivity contribution in [3.63, 3.8) is 0 Å². The van der Waals surface area contributed by atoms with E-state index >= 15 is 0 Å². The van der Waals surface area contributed by atoms with Gasteiger partial charge < -0.3 is 14.0 Å². The Kier molecular flexibility index (Phi) is 23.2. The van der Waals surface area contributed by atoms with Gasteiger partial charge in [0.05, 0.1) is 6.61 Å². The van der Waals surface area contributed by atoms with Crippen LogP contribution in [0.15, 0.2) is 43.0 Å². The van der Waals surface area contributed by atoms with Crippen LogP contribution < -0.4 is 10.6 Å². The van der Waals surface area contributed by atoms with Crippen molar-refractivity contribution in [2.24, 2.45) is 13.0 Å². The second-order valence-electron chi connectivity index (χ2n) is 6.99. The topological polar surface area (TPSA) is 40.5 Å². The number of aromatic nitrogens is 1. The normalized spacial score (nSPS) is 12.0. The minimum Gasteiger partial charge on any atom is -0.478 e. The van der Waals surface area contributed by atoms with Gasteiger partial charge in [0.25, 0.3) is 0 Å². The number of nitrogens with zero attached hydrogens (tertiary/aromatic N) is 1. The molecule has 4 nitrogen and oxygen atoms in total. The van der Waals surface area contributed by atoms with Gasteiger partial charge in [-0.3, -0.25) is 0 Å². The highest BCUT2D eigenvalue weighted by Crippen LogP contribution is 2.14. The molecule has 4 heteroatoms. The maximum Gasteiger partial charge on any atom is 0.347 e. The molecule has 0 amide bonds. The third-order valence-corrected chi connectivity index (χ3v) is 4.03. The Hall–Kier alpha value is -2.49. The van der Waals surface area contributed by atoms with Crippen LogP contribution in [-0.4, -0.2) is 23.2 Å². The number of hydrogen-bond donors (Lipinski definition) is 0. The van der Waals surface area contributed by atoms with Gasteiger partial charge in [-0.1, -0.05) is 65.5 Å². The predicted octanol–water partition coefficient (Wildman–Crippen LogP) is 6.22. The van der Waals surface area contributed by atoms with E-state index in [0.29, 0.717) is 12.4 Å². The summed E-state index contributed by atoms with van der Waals surface area (Å²) in [6.07, 6.45) is 10.2. The van der Waals surface area contributed by atoms with E-state index in [-0.39, 0.29) is 11.9 Å². The zero-order chi connectivity index (χ0) is 25.7. The largest absolute Gasteiger partial charge is 0.478 e. The summed E-state index contributed by atoms with van der Waals surface area (Å²) in [7, 11) is 1.96. The van der Waals surface area contributed by atoms with Crippen LogP contribution in [0.25, 0.3) is 12.3 Å². The van der Waals surface area contributed by atoms with Gasteiger partial charge >= 0.3 is 5.97 Å². The van der Waals surface area contributed by atoms with Gasteiger partial charge in [-0.05, 0) is 53.2 Å². The smallest absolute Gasteiger partial charge is 0.347 e. The molecule has 184 valence electrons. The zero-order valence-corrected chi connectivity index (χ0v) is 22.6. The molecule has 0 N–H and O–H groups in total. The van der Waals surface area contributed by atoms with Crippen LogP contribution in [-0.2, 0) is 21.3 Å². The molecule has 1 atom stereocenters. The van der Waals surface area contributed by atoms with E-state index in [0.717, 1.165) is 22.7 Å². The quantitative estimate of drug-likeness (QED) is 0.368. The van der Waals surface area contributed by atoms with E-state index in [1.807, 2.05) is 85.2 Å². The number of carbonyl (C=O) groups excluding carboxylic acids is 1. The second-order valence-corrected chi connectivity index (χ2v) is 6.99. The van der Waals surface area contributed by atoms with Crippen molar-refractivity contribution >= 4 is 18.3 Å². The predicted molar refractivity (Wildman–Crippen MR) is 142 cm³/mol. The molecule has 1 heterocycles. The first-order valence-corrected chi connectivity index (χ1v) is 11.7. The Morgan fingerprint density at radius 1 is 1.16 bits per heavy atom. The van der Waals surface area contributed by atoms with E-state index < -0.39 is 6.10 Å². The highest BCUT2D eigenvalue weighted by molar-refractivity contribution is 5.76. The number of allylic oxidation sites excluding steroid dienone is 4. The van der Waals surface area contributed by atoms with Crippen LogP contribution in [0.1, 0.15) is 74.4 Å². The van der Waals surface area contributed by atoms with Gasteiger partial charge in [0.15, 0.2) is 6.10 Å². The monoisotopic (exact) mass is 447 g/mol. The fraction of sp³-hybridized carbons (Fsp3) is 0.536. The van der Waals surface area contributed by atoms with Crippen LogP contribution in [0.4, 0.5) is 0 Å². The van der Waals surface area contributed by atoms with Crippen LogP contribution in [0.5, 0.6) is 0 Å². The lowest BCUT2D eigenvalue weighted by Gasteiger charge is -2.21. The molecule has 1 unspecified atom stereocenters. The van der Waals surface area contributed by atoms with E-state index in [1.54, 1.807) is 13.0 Å². The standard InChI is InChI=1S/C18H27NO3.C5H10.C3H6.C2H6/c1-8-10-16(15-11-13(5)19(7)14(15)6)22-17(12(3)4)18(20)21-9-2;1-3-5-4-2;1-3-2;1-2/h8,10-12,17H,6,9H2,1-5,7H3;3,5H,4H2,1-2H3;3H,1H2,2H3;1-2H3/b10-8-,16-15+;5-3-;;. The summed E-state index contributed by atoms with van der Waals surface area (Å²) in [4.78, 5) is 12.1. The number of hydrogen-bond acceptors (Lipinski definition) is 3. The Morgan fingerprint density at radius 3 is 1.97 bits per heavy atom. The average Bonchev–Trinajstić information content (AvgIpc) is 3.01. The molecular weight excluding hydrogens is 398 g/mol. The van der Waals surface area contributed by atoms with E-state index in [4.69, 9.17) is 9.47 Å². The summed E-state index contributed by atoms with van der Waals surface area (Å²) in [5.74, 6) is 0.318. The van der Waals surface area contributed by atoms with Crippen LogP contribution in [0.3, 0.4) is 0 Å². The molecule has 0 aromatic carbocycles. The summed E-state index contributed by atoms with van der Waals surface area (Å²) < 4.78 is 13.1. The Labute approximate surface area is 198 Å². The van der Waals surface area contributed by atoms with Gasteiger partial charge in [-0.2, -0.15) is 0 Å². The van der Waals surface area contributed by atoms with E-state index in [2.05, 4.69) is 32.2 Å². The fourth-order valence-electron chi connectivity index (χ4n) is 2.39. The highest BCUT2D eigenvalue weighted by atomic mass is 16.6. The summed E-state index contributed by atoms with van der Waals surface area (Å²) in [5, 5.41) is 1.75. The molecule has 1 aromatic heterocycles. The molecule has 0 aliphatic rings. The van der Waals surface area contributed by atoms with Crippen molar-refractivity contribution in [1.29, 1.82) is 0 Å². The van der Waals surface area contributed by atoms with E-state index in [1.165, 1.54) is 0 Å². The maximum atomic E-state index is 12.1. The SMILES string of the molecule is C/C=C\CC.C=CC.C=c1/c(=C(\C=C/C)OC(C(=O)OCC)C(C)C)cc(C)n1C.CC. The molecule has 0 aliphatic carbocycles. The first-order chi connectivity index (χ1) is 15.2. The molecule has 1 aromatic rings. The van der Waals surface area contributed by atoms with Gasteiger partial charge in [-0.15, -0.1) is 6.58 Å². The van der Waals surface area contributed by atoms with Crippen molar-refractivity contribution in [1.82, 2.24) is 4.57 Å². The zero-order valence-electron chi connectivity index (χ0n) is 22.6. The molecule has 0 fully saturated rings. The van der Waals surface area contributed by atoms with E-state index in [9.17, 15) is 4.79 Å². The molecule has 0 spiro atoms. The highest BCUT2D eigenvalue weighted by Gasteiger charge is 2.26. The van der Waals surface area contributed by atoms with Crippen molar-refractivity contribution < 1.29 is 14.3 Å². The molecule has 0 aliphatic heterocycles. The molecule has 0 saturated carbocycles. The summed E-state index contributed by atoms with van der Waals surface area (Å²) in [6.45, 7) is 27.4. The minimum absolute atomic E-state index is 0.0115. The molecule has 1 rings (SSSR count).